The summed E-state index contributed by atoms with van der Waals surface area (Å²) in [5, 5.41) is 11.5. The maximum absolute atomic E-state index is 5.61. The molecule has 2 heterocycles. The predicted octanol–water partition coefficient (Wildman–Crippen LogP) is 2.96. The smallest absolute Gasteiger partial charge is 0.250 e. The Bertz CT molecular complexity index is 523. The number of hydrogen-bond donors (Lipinski definition) is 1. The zero-order valence-corrected chi connectivity index (χ0v) is 12.0. The molecule has 0 unspecified atom stereocenters. The van der Waals surface area contributed by atoms with Gasteiger partial charge in [0.1, 0.15) is 12.0 Å². The van der Waals surface area contributed by atoms with Gasteiger partial charge in [-0.05, 0) is 46.7 Å². The third-order valence-corrected chi connectivity index (χ3v) is 2.67. The Labute approximate surface area is 113 Å². The number of hydrogen-bond acceptors (Lipinski definition) is 5. The van der Waals surface area contributed by atoms with Crippen LogP contribution in [0.1, 0.15) is 38.8 Å². The molecule has 5 nitrogen and oxygen atoms in total. The number of nitrogens with zero attached hydrogens (tertiary/aromatic N) is 2. The molecule has 0 radical (unpaired) electrons. The highest BCUT2D eigenvalue weighted by atomic mass is 16.4. The number of aromatic nitrogens is 2. The molecule has 0 saturated carbocycles. The lowest BCUT2D eigenvalue weighted by Crippen LogP contribution is -2.36. The van der Waals surface area contributed by atoms with Crippen LogP contribution in [0.2, 0.25) is 0 Å². The van der Waals surface area contributed by atoms with E-state index in [4.69, 9.17) is 8.83 Å². The van der Waals surface area contributed by atoms with E-state index < -0.39 is 0 Å². The van der Waals surface area contributed by atoms with Crippen molar-refractivity contribution in [1.82, 2.24) is 15.5 Å². The van der Waals surface area contributed by atoms with Crippen molar-refractivity contribution in [3.8, 4) is 11.5 Å². The molecule has 0 atom stereocenters. The first-order chi connectivity index (χ1) is 8.94. The van der Waals surface area contributed by atoms with Gasteiger partial charge in [0.05, 0.1) is 5.56 Å². The molecule has 5 heteroatoms. The van der Waals surface area contributed by atoms with Gasteiger partial charge >= 0.3 is 0 Å². The van der Waals surface area contributed by atoms with Crippen molar-refractivity contribution < 1.29 is 8.83 Å². The van der Waals surface area contributed by atoms with E-state index in [2.05, 4.69) is 36.3 Å². The SMILES string of the molecule is Cc1cc(-c2nnc(CCCNC(C)(C)C)o2)co1. The second-order valence-electron chi connectivity index (χ2n) is 5.73. The highest BCUT2D eigenvalue weighted by Crippen LogP contribution is 2.20. The minimum atomic E-state index is 0.147. The van der Waals surface area contributed by atoms with Crippen molar-refractivity contribution in [2.75, 3.05) is 6.54 Å². The van der Waals surface area contributed by atoms with Crippen molar-refractivity contribution in [2.24, 2.45) is 0 Å². The van der Waals surface area contributed by atoms with Gasteiger partial charge in [0, 0.05) is 12.0 Å². The molecule has 0 fully saturated rings. The molecule has 2 aromatic rings. The van der Waals surface area contributed by atoms with Crippen LogP contribution in [0.4, 0.5) is 0 Å². The summed E-state index contributed by atoms with van der Waals surface area (Å²) in [6, 6.07) is 1.89. The lowest BCUT2D eigenvalue weighted by molar-refractivity contribution is 0.412. The lowest BCUT2D eigenvalue weighted by Gasteiger charge is -2.19. The molecule has 0 amide bonds. The largest absolute Gasteiger partial charge is 0.469 e. The van der Waals surface area contributed by atoms with Crippen molar-refractivity contribution in [1.29, 1.82) is 0 Å². The Hall–Kier alpha value is -1.62. The van der Waals surface area contributed by atoms with Crippen LogP contribution in [0.5, 0.6) is 0 Å². The standard InChI is InChI=1S/C14H21N3O2/c1-10-8-11(9-18-10)13-17-16-12(19-13)6-5-7-15-14(2,3)4/h8-9,15H,5-7H2,1-4H3. The van der Waals surface area contributed by atoms with Crippen LogP contribution < -0.4 is 5.32 Å². The zero-order valence-electron chi connectivity index (χ0n) is 12.0. The molecule has 0 aromatic carbocycles. The number of furan rings is 1. The molecule has 2 aromatic heterocycles. The molecule has 0 saturated heterocycles. The number of aryl methyl sites for hydroxylation is 2. The lowest BCUT2D eigenvalue weighted by atomic mass is 10.1. The second kappa shape index (κ2) is 5.57. The van der Waals surface area contributed by atoms with Gasteiger partial charge in [-0.2, -0.15) is 0 Å². The predicted molar refractivity (Wildman–Crippen MR) is 72.8 cm³/mol. The fraction of sp³-hybridized carbons (Fsp3) is 0.571. The summed E-state index contributed by atoms with van der Waals surface area (Å²) >= 11 is 0. The molecular formula is C14H21N3O2. The van der Waals surface area contributed by atoms with E-state index in [-0.39, 0.29) is 5.54 Å². The maximum Gasteiger partial charge on any atom is 0.250 e. The van der Waals surface area contributed by atoms with Gasteiger partial charge in [-0.1, -0.05) is 0 Å². The van der Waals surface area contributed by atoms with Gasteiger partial charge < -0.3 is 14.2 Å². The summed E-state index contributed by atoms with van der Waals surface area (Å²) in [6.45, 7) is 9.28. The molecular weight excluding hydrogens is 242 g/mol. The fourth-order valence-corrected chi connectivity index (χ4v) is 1.73. The van der Waals surface area contributed by atoms with E-state index in [0.29, 0.717) is 11.8 Å². The average molecular weight is 263 g/mol. The van der Waals surface area contributed by atoms with Crippen LogP contribution in [0.3, 0.4) is 0 Å². The monoisotopic (exact) mass is 263 g/mol. The maximum atomic E-state index is 5.61. The van der Waals surface area contributed by atoms with Crippen LogP contribution >= 0.6 is 0 Å². The molecule has 0 aliphatic carbocycles. The summed E-state index contributed by atoms with van der Waals surface area (Å²) in [6.07, 6.45) is 3.39. The quantitative estimate of drug-likeness (QED) is 0.840. The molecule has 0 bridgehead atoms. The Morgan fingerprint density at radius 2 is 2.05 bits per heavy atom. The zero-order chi connectivity index (χ0) is 13.9. The van der Waals surface area contributed by atoms with Crippen LogP contribution in [0.25, 0.3) is 11.5 Å². The summed E-state index contributed by atoms with van der Waals surface area (Å²) < 4.78 is 10.8. The number of rotatable bonds is 5. The molecule has 0 spiro atoms. The van der Waals surface area contributed by atoms with E-state index in [0.717, 1.165) is 30.7 Å². The third-order valence-electron chi connectivity index (χ3n) is 2.67. The topological polar surface area (TPSA) is 64.1 Å². The molecule has 0 aliphatic heterocycles. The van der Waals surface area contributed by atoms with Crippen molar-refractivity contribution in [3.05, 3.63) is 24.0 Å². The first-order valence-corrected chi connectivity index (χ1v) is 6.57. The van der Waals surface area contributed by atoms with Crippen LogP contribution in [-0.4, -0.2) is 22.3 Å². The second-order valence-corrected chi connectivity index (χ2v) is 5.73. The normalized spacial score (nSPS) is 12.0. The Morgan fingerprint density at radius 1 is 1.26 bits per heavy atom. The van der Waals surface area contributed by atoms with E-state index in [1.807, 2.05) is 13.0 Å². The molecule has 104 valence electrons. The Morgan fingerprint density at radius 3 is 2.68 bits per heavy atom. The molecule has 2 rings (SSSR count). The third kappa shape index (κ3) is 4.21. The first-order valence-electron chi connectivity index (χ1n) is 6.57. The van der Waals surface area contributed by atoms with Crippen molar-refractivity contribution >= 4 is 0 Å². The minimum Gasteiger partial charge on any atom is -0.469 e. The molecule has 0 aliphatic rings. The number of nitrogens with one attached hydrogen (secondary N) is 1. The van der Waals surface area contributed by atoms with Gasteiger partial charge in [-0.3, -0.25) is 0 Å². The fourth-order valence-electron chi connectivity index (χ4n) is 1.73. The van der Waals surface area contributed by atoms with Gasteiger partial charge in [0.25, 0.3) is 5.89 Å². The summed E-state index contributed by atoms with van der Waals surface area (Å²) in [5.41, 5.74) is 0.984. The van der Waals surface area contributed by atoms with E-state index in [9.17, 15) is 0 Å². The van der Waals surface area contributed by atoms with Crippen LogP contribution in [0.15, 0.2) is 21.2 Å². The van der Waals surface area contributed by atoms with Gasteiger partial charge in [-0.25, -0.2) is 0 Å². The highest BCUT2D eigenvalue weighted by molar-refractivity contribution is 5.50. The van der Waals surface area contributed by atoms with Crippen LogP contribution in [-0.2, 0) is 6.42 Å². The van der Waals surface area contributed by atoms with Crippen molar-refractivity contribution in [3.63, 3.8) is 0 Å². The van der Waals surface area contributed by atoms with E-state index in [1.54, 1.807) is 6.26 Å². The van der Waals surface area contributed by atoms with Gasteiger partial charge in [-0.15, -0.1) is 10.2 Å². The van der Waals surface area contributed by atoms with Crippen LogP contribution in [0, 0.1) is 6.92 Å². The molecule has 19 heavy (non-hydrogen) atoms. The van der Waals surface area contributed by atoms with E-state index in [1.165, 1.54) is 0 Å². The van der Waals surface area contributed by atoms with Crippen molar-refractivity contribution in [2.45, 2.75) is 46.1 Å². The Balaban J connectivity index is 1.85. The average Bonchev–Trinajstić information content (AvgIpc) is 2.92. The summed E-state index contributed by atoms with van der Waals surface area (Å²) in [4.78, 5) is 0. The van der Waals surface area contributed by atoms with E-state index >= 15 is 0 Å². The molecule has 1 N–H and O–H groups in total. The van der Waals surface area contributed by atoms with Gasteiger partial charge in [0.2, 0.25) is 5.89 Å². The first kappa shape index (κ1) is 13.8. The summed E-state index contributed by atoms with van der Waals surface area (Å²) in [5.74, 6) is 2.03. The Kier molecular flexibility index (Phi) is 4.04. The van der Waals surface area contributed by atoms with Gasteiger partial charge in [0.15, 0.2) is 0 Å². The highest BCUT2D eigenvalue weighted by Gasteiger charge is 2.11. The summed E-state index contributed by atoms with van der Waals surface area (Å²) in [7, 11) is 0. The minimum absolute atomic E-state index is 0.147.